The molecule has 0 aliphatic rings. The molecule has 0 saturated heterocycles. The smallest absolute Gasteiger partial charge is 0.264 e. The molecule has 10 heteroatoms. The van der Waals surface area contributed by atoms with Crippen molar-refractivity contribution in [2.45, 2.75) is 64.6 Å². The second kappa shape index (κ2) is 13.5. The van der Waals surface area contributed by atoms with Crippen LogP contribution in [0.4, 0.5) is 5.69 Å². The highest BCUT2D eigenvalue weighted by atomic mass is 35.5. The Morgan fingerprint density at radius 2 is 1.60 bits per heavy atom. The minimum absolute atomic E-state index is 0.0246. The van der Waals surface area contributed by atoms with E-state index in [1.165, 1.54) is 17.0 Å². The first-order chi connectivity index (χ1) is 18.9. The molecule has 0 saturated carbocycles. The molecule has 2 amide bonds. The van der Waals surface area contributed by atoms with Gasteiger partial charge in [0.1, 0.15) is 12.6 Å². The van der Waals surface area contributed by atoms with Gasteiger partial charge < -0.3 is 10.2 Å². The first-order valence-electron chi connectivity index (χ1n) is 13.0. The number of nitrogens with zero attached hydrogens (tertiary/aromatic N) is 2. The highest BCUT2D eigenvalue weighted by Crippen LogP contribution is 2.29. The quantitative estimate of drug-likeness (QED) is 0.285. The van der Waals surface area contributed by atoms with Gasteiger partial charge in [0.25, 0.3) is 10.0 Å². The van der Waals surface area contributed by atoms with Crippen molar-refractivity contribution in [3.05, 3.63) is 93.5 Å². The van der Waals surface area contributed by atoms with Crippen molar-refractivity contribution in [2.75, 3.05) is 10.8 Å². The molecule has 0 aliphatic heterocycles. The Bertz CT molecular complexity index is 1470. The van der Waals surface area contributed by atoms with Crippen molar-refractivity contribution in [3.63, 3.8) is 0 Å². The lowest BCUT2D eigenvalue weighted by Crippen LogP contribution is -2.52. The molecule has 2 atom stereocenters. The van der Waals surface area contributed by atoms with E-state index >= 15 is 0 Å². The summed E-state index contributed by atoms with van der Waals surface area (Å²) in [5, 5.41) is 3.59. The highest BCUT2D eigenvalue weighted by molar-refractivity contribution is 7.92. The van der Waals surface area contributed by atoms with Gasteiger partial charge in [-0.3, -0.25) is 13.9 Å². The molecule has 0 aromatic heterocycles. The minimum atomic E-state index is -4.13. The molecular formula is C30H35Cl2N3O4S. The Balaban J connectivity index is 2.07. The molecule has 0 unspecified atom stereocenters. The van der Waals surface area contributed by atoms with Gasteiger partial charge >= 0.3 is 0 Å². The van der Waals surface area contributed by atoms with Crippen LogP contribution in [0.25, 0.3) is 0 Å². The van der Waals surface area contributed by atoms with Crippen LogP contribution in [-0.4, -0.2) is 43.8 Å². The molecule has 3 aromatic rings. The van der Waals surface area contributed by atoms with Crippen molar-refractivity contribution in [1.82, 2.24) is 10.2 Å². The summed E-state index contributed by atoms with van der Waals surface area (Å²) in [6, 6.07) is 17.3. The van der Waals surface area contributed by atoms with E-state index in [9.17, 15) is 18.0 Å². The number of hydrogen-bond acceptors (Lipinski definition) is 4. The fraction of sp³-hybridized carbons (Fsp3) is 0.333. The zero-order valence-electron chi connectivity index (χ0n) is 23.3. The van der Waals surface area contributed by atoms with Crippen LogP contribution in [0.1, 0.15) is 43.9 Å². The Kier molecular flexibility index (Phi) is 10.6. The highest BCUT2D eigenvalue weighted by Gasteiger charge is 2.33. The van der Waals surface area contributed by atoms with E-state index in [0.29, 0.717) is 21.3 Å². The Labute approximate surface area is 247 Å². The summed E-state index contributed by atoms with van der Waals surface area (Å²) >= 11 is 12.3. The van der Waals surface area contributed by atoms with Crippen molar-refractivity contribution >= 4 is 50.7 Å². The number of carbonyl (C=O) groups is 2. The van der Waals surface area contributed by atoms with Crippen molar-refractivity contribution < 1.29 is 18.0 Å². The molecule has 0 heterocycles. The third kappa shape index (κ3) is 7.36. The van der Waals surface area contributed by atoms with Gasteiger partial charge in [0.15, 0.2) is 0 Å². The lowest BCUT2D eigenvalue weighted by atomic mass is 10.1. The maximum atomic E-state index is 14.0. The van der Waals surface area contributed by atoms with E-state index < -0.39 is 28.5 Å². The van der Waals surface area contributed by atoms with Gasteiger partial charge in [-0.05, 0) is 81.1 Å². The number of aryl methyl sites for hydroxylation is 1. The number of halogens is 2. The van der Waals surface area contributed by atoms with Crippen LogP contribution >= 0.6 is 23.2 Å². The number of nitrogens with one attached hydrogen (secondary N) is 1. The van der Waals surface area contributed by atoms with E-state index in [1.54, 1.807) is 55.5 Å². The summed E-state index contributed by atoms with van der Waals surface area (Å²) in [6.07, 6.45) is 0.717. The third-order valence-electron chi connectivity index (χ3n) is 6.96. The summed E-state index contributed by atoms with van der Waals surface area (Å²) in [6.45, 7) is 8.67. The average molecular weight is 605 g/mol. The van der Waals surface area contributed by atoms with E-state index in [-0.39, 0.29) is 23.4 Å². The van der Waals surface area contributed by atoms with Crippen LogP contribution in [0.15, 0.2) is 71.6 Å². The van der Waals surface area contributed by atoms with E-state index in [2.05, 4.69) is 5.32 Å². The summed E-state index contributed by atoms with van der Waals surface area (Å²) < 4.78 is 29.0. The standard InChI is InChI=1S/C30H35Cl2N3O4S/c1-6-21(3)33-30(37)23(5)34(18-24-15-16-26(31)27(32)17-24)29(36)19-35(28-14-10-11-20(2)22(28)4)40(38,39)25-12-8-7-9-13-25/h7-17,21,23H,6,18-19H2,1-5H3,(H,33,37)/t21-,23+/m1/s1. The lowest BCUT2D eigenvalue weighted by molar-refractivity contribution is -0.139. The molecule has 3 aromatic carbocycles. The van der Waals surface area contributed by atoms with E-state index in [0.717, 1.165) is 21.9 Å². The fourth-order valence-electron chi connectivity index (χ4n) is 4.12. The summed E-state index contributed by atoms with van der Waals surface area (Å²) in [5.74, 6) is -0.884. The fourth-order valence-corrected chi connectivity index (χ4v) is 5.94. The number of anilines is 1. The maximum Gasteiger partial charge on any atom is 0.264 e. The monoisotopic (exact) mass is 603 g/mol. The predicted molar refractivity (Wildman–Crippen MR) is 161 cm³/mol. The Morgan fingerprint density at radius 1 is 0.925 bits per heavy atom. The van der Waals surface area contributed by atoms with Gasteiger partial charge in [-0.15, -0.1) is 0 Å². The number of benzene rings is 3. The molecule has 0 bridgehead atoms. The summed E-state index contributed by atoms with van der Waals surface area (Å²) in [7, 11) is -4.13. The van der Waals surface area contributed by atoms with Crippen LogP contribution in [0, 0.1) is 13.8 Å². The normalized spacial score (nSPS) is 12.9. The van der Waals surface area contributed by atoms with Gasteiger partial charge in [-0.25, -0.2) is 8.42 Å². The maximum absolute atomic E-state index is 14.0. The Hall–Kier alpha value is -3.07. The molecule has 0 aliphatic carbocycles. The topological polar surface area (TPSA) is 86.8 Å². The first-order valence-corrected chi connectivity index (χ1v) is 15.2. The number of sulfonamides is 1. The van der Waals surface area contributed by atoms with E-state index in [4.69, 9.17) is 23.2 Å². The second-order valence-electron chi connectivity index (χ2n) is 9.81. The van der Waals surface area contributed by atoms with Gasteiger partial charge in [0.2, 0.25) is 11.8 Å². The SMILES string of the molecule is CC[C@@H](C)NC(=O)[C@H](C)N(Cc1ccc(Cl)c(Cl)c1)C(=O)CN(c1cccc(C)c1C)S(=O)(=O)c1ccccc1. The molecule has 0 radical (unpaired) electrons. The van der Waals surface area contributed by atoms with Gasteiger partial charge in [0.05, 0.1) is 20.6 Å². The number of hydrogen-bond donors (Lipinski definition) is 1. The molecule has 1 N–H and O–H groups in total. The van der Waals surface area contributed by atoms with Crippen LogP contribution in [0.3, 0.4) is 0 Å². The summed E-state index contributed by atoms with van der Waals surface area (Å²) in [4.78, 5) is 28.6. The van der Waals surface area contributed by atoms with Crippen LogP contribution in [0.5, 0.6) is 0 Å². The molecule has 3 rings (SSSR count). The van der Waals surface area contributed by atoms with Crippen LogP contribution in [0.2, 0.25) is 10.0 Å². The predicted octanol–water partition coefficient (Wildman–Crippen LogP) is 6.14. The van der Waals surface area contributed by atoms with E-state index in [1.807, 2.05) is 33.8 Å². The molecule has 214 valence electrons. The second-order valence-corrected chi connectivity index (χ2v) is 12.5. The summed E-state index contributed by atoms with van der Waals surface area (Å²) in [5.41, 5.74) is 2.65. The van der Waals surface area contributed by atoms with Gasteiger partial charge in [-0.2, -0.15) is 0 Å². The molecular weight excluding hydrogens is 569 g/mol. The third-order valence-corrected chi connectivity index (χ3v) is 9.47. The van der Waals surface area contributed by atoms with Gasteiger partial charge in [0, 0.05) is 12.6 Å². The molecule has 0 spiro atoms. The number of carbonyl (C=O) groups excluding carboxylic acids is 2. The van der Waals surface area contributed by atoms with Crippen molar-refractivity contribution in [2.24, 2.45) is 0 Å². The van der Waals surface area contributed by atoms with Crippen LogP contribution < -0.4 is 9.62 Å². The number of amides is 2. The van der Waals surface area contributed by atoms with Crippen molar-refractivity contribution in [3.8, 4) is 0 Å². The van der Waals surface area contributed by atoms with Crippen LogP contribution in [-0.2, 0) is 26.2 Å². The minimum Gasteiger partial charge on any atom is -0.352 e. The largest absolute Gasteiger partial charge is 0.352 e. The first kappa shape index (κ1) is 31.5. The lowest BCUT2D eigenvalue weighted by Gasteiger charge is -2.33. The van der Waals surface area contributed by atoms with Crippen molar-refractivity contribution in [1.29, 1.82) is 0 Å². The zero-order valence-corrected chi connectivity index (χ0v) is 25.6. The molecule has 7 nitrogen and oxygen atoms in total. The average Bonchev–Trinajstić information content (AvgIpc) is 2.93. The molecule has 40 heavy (non-hydrogen) atoms. The Morgan fingerprint density at radius 3 is 2.23 bits per heavy atom. The van der Waals surface area contributed by atoms with Gasteiger partial charge in [-0.1, -0.05) is 66.5 Å². The number of rotatable bonds is 11. The molecule has 0 fully saturated rings. The zero-order chi connectivity index (χ0) is 29.6.